The monoisotopic (exact) mass is 486 g/mol. The molecule has 4 atom stereocenters. The van der Waals surface area contributed by atoms with Gasteiger partial charge in [-0.25, -0.2) is 14.6 Å². The number of carboxylic acids is 1. The molecule has 0 saturated heterocycles. The number of hydrogen-bond donors (Lipinski definition) is 4. The van der Waals surface area contributed by atoms with Gasteiger partial charge in [0.25, 0.3) is 0 Å². The Morgan fingerprint density at radius 3 is 2.68 bits per heavy atom. The van der Waals surface area contributed by atoms with Crippen molar-refractivity contribution in [3.05, 3.63) is 35.9 Å². The van der Waals surface area contributed by atoms with Gasteiger partial charge in [-0.2, -0.15) is 0 Å². The average Bonchev–Trinajstić information content (AvgIpc) is 3.39. The van der Waals surface area contributed by atoms with Crippen LogP contribution in [0, 0.1) is 5.92 Å². The lowest BCUT2D eigenvalue weighted by atomic mass is 10.1. The summed E-state index contributed by atoms with van der Waals surface area (Å²) >= 11 is 1.51. The Balaban J connectivity index is 1.52. The number of carbonyl (C=O) groups is 1. The Hall–Kier alpha value is -2.76. The molecule has 1 fully saturated rings. The van der Waals surface area contributed by atoms with E-state index in [1.807, 2.05) is 18.2 Å². The van der Waals surface area contributed by atoms with Crippen LogP contribution in [0.15, 0.2) is 35.5 Å². The Morgan fingerprint density at radius 1 is 1.18 bits per heavy atom. The summed E-state index contributed by atoms with van der Waals surface area (Å²) in [6.45, 7) is 2.78. The zero-order chi connectivity index (χ0) is 24.1. The second-order valence-corrected chi connectivity index (χ2v) is 9.57. The molecule has 1 saturated carbocycles. The van der Waals surface area contributed by atoms with Gasteiger partial charge in [0.05, 0.1) is 18.1 Å². The molecule has 0 aliphatic heterocycles. The number of anilines is 1. The Bertz CT molecular complexity index is 1110. The van der Waals surface area contributed by atoms with E-state index in [2.05, 4.69) is 44.7 Å². The summed E-state index contributed by atoms with van der Waals surface area (Å²) in [5.41, 5.74) is 2.19. The number of aryl methyl sites for hydroxylation is 1. The molecule has 4 rings (SSSR count). The van der Waals surface area contributed by atoms with E-state index in [1.165, 1.54) is 22.0 Å². The zero-order valence-electron chi connectivity index (χ0n) is 19.0. The van der Waals surface area contributed by atoms with Gasteiger partial charge in [-0.3, -0.25) is 4.79 Å². The first-order valence-corrected chi connectivity index (χ1v) is 12.6. The molecule has 11 heteroatoms. The van der Waals surface area contributed by atoms with Crippen molar-refractivity contribution >= 4 is 34.7 Å². The Kier molecular flexibility index (Phi) is 7.96. The fourth-order valence-electron chi connectivity index (χ4n) is 4.22. The lowest BCUT2D eigenvalue weighted by Gasteiger charge is -2.16. The predicted molar refractivity (Wildman–Crippen MR) is 129 cm³/mol. The third-order valence-electron chi connectivity index (χ3n) is 6.05. The van der Waals surface area contributed by atoms with E-state index in [9.17, 15) is 20.1 Å². The lowest BCUT2D eigenvalue weighted by molar-refractivity contribution is -0.145. The third kappa shape index (κ3) is 5.31. The summed E-state index contributed by atoms with van der Waals surface area (Å²) in [4.78, 5) is 20.7. The van der Waals surface area contributed by atoms with E-state index >= 15 is 0 Å². The van der Waals surface area contributed by atoms with Gasteiger partial charge in [-0.05, 0) is 37.7 Å². The second kappa shape index (κ2) is 11.1. The molecular formula is C23H30N6O4S. The van der Waals surface area contributed by atoms with Gasteiger partial charge in [0.2, 0.25) is 0 Å². The number of hydrogen-bond acceptors (Lipinski definition) is 9. The molecule has 1 aliphatic carbocycles. The van der Waals surface area contributed by atoms with Gasteiger partial charge in [-0.1, -0.05) is 54.2 Å². The maximum absolute atomic E-state index is 11.5. The second-order valence-electron chi connectivity index (χ2n) is 8.51. The molecule has 3 aromatic rings. The maximum Gasteiger partial charge on any atom is 0.309 e. The fourth-order valence-corrected chi connectivity index (χ4v) is 4.91. The van der Waals surface area contributed by atoms with E-state index in [0.29, 0.717) is 28.7 Å². The predicted octanol–water partition coefficient (Wildman–Crippen LogP) is 2.53. The molecule has 34 heavy (non-hydrogen) atoms. The molecule has 3 unspecified atom stereocenters. The quantitative estimate of drug-likeness (QED) is 0.181. The topological polar surface area (TPSA) is 146 Å². The molecule has 1 aromatic carbocycles. The summed E-state index contributed by atoms with van der Waals surface area (Å²) in [6.07, 6.45) is 1.32. The van der Waals surface area contributed by atoms with Crippen LogP contribution in [0.25, 0.3) is 11.2 Å². The SMILES string of the molecule is CCCSc1nc(NCCCCc2ccccc2)c2nnn(C3C[C@H](C(=O)O)C(O)C3O)c2n1. The van der Waals surface area contributed by atoms with Crippen molar-refractivity contribution in [1.82, 2.24) is 25.0 Å². The van der Waals surface area contributed by atoms with Gasteiger partial charge < -0.3 is 20.6 Å². The highest BCUT2D eigenvalue weighted by Gasteiger charge is 2.47. The van der Waals surface area contributed by atoms with Gasteiger partial charge in [0.15, 0.2) is 22.1 Å². The van der Waals surface area contributed by atoms with Gasteiger partial charge in [0.1, 0.15) is 6.10 Å². The summed E-state index contributed by atoms with van der Waals surface area (Å²) in [5, 5.41) is 42.4. The summed E-state index contributed by atoms with van der Waals surface area (Å²) in [5.74, 6) is -0.810. The maximum atomic E-state index is 11.5. The fraction of sp³-hybridized carbons (Fsp3) is 0.522. The number of unbranched alkanes of at least 4 members (excludes halogenated alkanes) is 1. The normalized spacial score (nSPS) is 22.3. The van der Waals surface area contributed by atoms with Crippen molar-refractivity contribution in [2.75, 3.05) is 17.6 Å². The van der Waals surface area contributed by atoms with Crippen molar-refractivity contribution in [2.24, 2.45) is 5.92 Å². The van der Waals surface area contributed by atoms with Crippen LogP contribution >= 0.6 is 11.8 Å². The van der Waals surface area contributed by atoms with Gasteiger partial charge in [-0.15, -0.1) is 5.10 Å². The minimum absolute atomic E-state index is 0.0415. The zero-order valence-corrected chi connectivity index (χ0v) is 19.9. The van der Waals surface area contributed by atoms with Crippen molar-refractivity contribution in [3.8, 4) is 0 Å². The van der Waals surface area contributed by atoms with E-state index < -0.39 is 30.1 Å². The number of rotatable bonds is 11. The molecule has 0 spiro atoms. The number of nitrogens with one attached hydrogen (secondary N) is 1. The largest absolute Gasteiger partial charge is 0.481 e. The third-order valence-corrected chi connectivity index (χ3v) is 7.10. The van der Waals surface area contributed by atoms with E-state index in [-0.39, 0.29) is 6.42 Å². The van der Waals surface area contributed by atoms with Crippen LogP contribution in [0.3, 0.4) is 0 Å². The summed E-state index contributed by atoms with van der Waals surface area (Å²) < 4.78 is 1.43. The number of aliphatic hydroxyl groups is 2. The average molecular weight is 487 g/mol. The highest BCUT2D eigenvalue weighted by Crippen LogP contribution is 2.37. The van der Waals surface area contributed by atoms with Crippen LogP contribution in [-0.4, -0.2) is 70.8 Å². The molecule has 0 bridgehead atoms. The molecule has 2 heterocycles. The molecule has 2 aromatic heterocycles. The number of carboxylic acid groups (broad SMARTS) is 1. The molecule has 0 radical (unpaired) electrons. The minimum Gasteiger partial charge on any atom is -0.481 e. The minimum atomic E-state index is -1.38. The number of nitrogens with zero attached hydrogens (tertiary/aromatic N) is 5. The number of aliphatic hydroxyl groups excluding tert-OH is 2. The number of aromatic nitrogens is 5. The molecule has 10 nitrogen and oxygen atoms in total. The standard InChI is InChI=1S/C23H30N6O4S/c1-2-12-34-23-25-20(24-11-7-6-10-14-8-4-3-5-9-14)17-21(26-23)29(28-27-17)16-13-15(22(32)33)18(30)19(16)31/h3-5,8-9,15-16,18-19,30-31H,2,6-7,10-13H2,1H3,(H,32,33)(H,24,25,26)/t15-,16?,18?,19?/m0/s1. The number of benzene rings is 1. The lowest BCUT2D eigenvalue weighted by Crippen LogP contribution is -2.32. The van der Waals surface area contributed by atoms with Crippen molar-refractivity contribution in [1.29, 1.82) is 0 Å². The first-order valence-electron chi connectivity index (χ1n) is 11.6. The first kappa shape index (κ1) is 24.4. The first-order chi connectivity index (χ1) is 16.5. The van der Waals surface area contributed by atoms with Crippen molar-refractivity contribution < 1.29 is 20.1 Å². The molecule has 0 amide bonds. The molecule has 1 aliphatic rings. The smallest absolute Gasteiger partial charge is 0.309 e. The van der Waals surface area contributed by atoms with Crippen molar-refractivity contribution in [3.63, 3.8) is 0 Å². The van der Waals surface area contributed by atoms with E-state index in [0.717, 1.165) is 31.4 Å². The molecular weight excluding hydrogens is 456 g/mol. The van der Waals surface area contributed by atoms with Crippen molar-refractivity contribution in [2.45, 2.75) is 62.4 Å². The van der Waals surface area contributed by atoms with Crippen LogP contribution in [0.4, 0.5) is 5.82 Å². The van der Waals surface area contributed by atoms with Crippen LogP contribution < -0.4 is 5.32 Å². The summed E-state index contributed by atoms with van der Waals surface area (Å²) in [6, 6.07) is 9.62. The number of aliphatic carboxylic acids is 1. The highest BCUT2D eigenvalue weighted by molar-refractivity contribution is 7.99. The van der Waals surface area contributed by atoms with Crippen LogP contribution in [0.1, 0.15) is 44.2 Å². The molecule has 182 valence electrons. The van der Waals surface area contributed by atoms with Gasteiger partial charge >= 0.3 is 5.97 Å². The van der Waals surface area contributed by atoms with Crippen LogP contribution in [0.2, 0.25) is 0 Å². The van der Waals surface area contributed by atoms with E-state index in [1.54, 1.807) is 0 Å². The Labute approximate surface area is 201 Å². The number of fused-ring (bicyclic) bond motifs is 1. The van der Waals surface area contributed by atoms with Crippen LogP contribution in [0.5, 0.6) is 0 Å². The van der Waals surface area contributed by atoms with E-state index in [4.69, 9.17) is 0 Å². The van der Waals surface area contributed by atoms with Crippen LogP contribution in [-0.2, 0) is 11.2 Å². The van der Waals surface area contributed by atoms with Gasteiger partial charge in [0, 0.05) is 12.3 Å². The summed E-state index contributed by atoms with van der Waals surface area (Å²) in [7, 11) is 0. The molecule has 4 N–H and O–H groups in total. The number of thioether (sulfide) groups is 1. The highest BCUT2D eigenvalue weighted by atomic mass is 32.2. The Morgan fingerprint density at radius 2 is 1.97 bits per heavy atom.